The summed E-state index contributed by atoms with van der Waals surface area (Å²) in [5.41, 5.74) is 4.93. The number of β-amino-alcohol motifs (C(OH)–C–C–N with tert-alkyl or cyclic N) is 1. The zero-order chi connectivity index (χ0) is 21.1. The number of hydrogen-bond donors (Lipinski definition) is 2. The van der Waals surface area contributed by atoms with Crippen molar-refractivity contribution in [1.29, 1.82) is 0 Å². The molecule has 0 aliphatic carbocycles. The first-order valence-corrected chi connectivity index (χ1v) is 11.2. The molecule has 2 saturated heterocycles. The fourth-order valence-electron chi connectivity index (χ4n) is 4.14. The highest BCUT2D eigenvalue weighted by Crippen LogP contribution is 2.27. The third kappa shape index (κ3) is 4.55. The predicted molar refractivity (Wildman–Crippen MR) is 114 cm³/mol. The summed E-state index contributed by atoms with van der Waals surface area (Å²) in [5.74, 6) is -0.531. The Morgan fingerprint density at radius 2 is 2.13 bits per heavy atom. The minimum atomic E-state index is -0.670. The van der Waals surface area contributed by atoms with Gasteiger partial charge in [-0.25, -0.2) is 4.98 Å². The number of ether oxygens (including phenoxy) is 1. The maximum absolute atomic E-state index is 12.9. The van der Waals surface area contributed by atoms with Crippen LogP contribution < -0.4 is 5.32 Å². The molecular formula is C22H27N3O4S. The Labute approximate surface area is 180 Å². The first-order valence-electron chi connectivity index (χ1n) is 10.4. The van der Waals surface area contributed by atoms with Gasteiger partial charge in [0.05, 0.1) is 34.7 Å². The molecule has 3 heterocycles. The molecule has 2 N–H and O–H groups in total. The molecule has 4 rings (SSSR count). The number of aromatic nitrogens is 1. The van der Waals surface area contributed by atoms with E-state index < -0.39 is 12.1 Å². The number of amides is 2. The SMILES string of the molecule is Cc1ncsc1-c1ccc(CNC(=O)[C@@H]2C[C@@H](O)CN2C(=O)[C@H]2CCCOC2)cc1. The molecule has 0 spiro atoms. The van der Waals surface area contributed by atoms with Gasteiger partial charge in [-0.05, 0) is 30.9 Å². The molecule has 1 aromatic carbocycles. The fourth-order valence-corrected chi connectivity index (χ4v) is 4.95. The van der Waals surface area contributed by atoms with Gasteiger partial charge in [0.2, 0.25) is 11.8 Å². The number of carbonyl (C=O) groups is 2. The Balaban J connectivity index is 1.36. The fraction of sp³-hybridized carbons (Fsp3) is 0.500. The largest absolute Gasteiger partial charge is 0.391 e. The molecule has 8 heteroatoms. The third-order valence-corrected chi connectivity index (χ3v) is 6.78. The summed E-state index contributed by atoms with van der Waals surface area (Å²) in [5, 5.41) is 13.0. The van der Waals surface area contributed by atoms with Crippen LogP contribution in [0.25, 0.3) is 10.4 Å². The van der Waals surface area contributed by atoms with E-state index >= 15 is 0 Å². The van der Waals surface area contributed by atoms with Gasteiger partial charge in [-0.1, -0.05) is 24.3 Å². The van der Waals surface area contributed by atoms with Crippen molar-refractivity contribution >= 4 is 23.2 Å². The van der Waals surface area contributed by atoms with Crippen LogP contribution >= 0.6 is 11.3 Å². The number of nitrogens with zero attached hydrogens (tertiary/aromatic N) is 2. The second kappa shape index (κ2) is 9.24. The van der Waals surface area contributed by atoms with Gasteiger partial charge in [0.25, 0.3) is 0 Å². The predicted octanol–water partition coefficient (Wildman–Crippen LogP) is 2.12. The maximum atomic E-state index is 12.9. The van der Waals surface area contributed by atoms with Crippen molar-refractivity contribution in [3.63, 3.8) is 0 Å². The summed E-state index contributed by atoms with van der Waals surface area (Å²) in [6.45, 7) is 3.64. The van der Waals surface area contributed by atoms with Crippen LogP contribution in [-0.2, 0) is 20.9 Å². The van der Waals surface area contributed by atoms with Crippen LogP contribution in [0.3, 0.4) is 0 Å². The summed E-state index contributed by atoms with van der Waals surface area (Å²) in [6.07, 6.45) is 1.22. The smallest absolute Gasteiger partial charge is 0.243 e. The number of aliphatic hydroxyl groups is 1. The lowest BCUT2D eigenvalue weighted by molar-refractivity contribution is -0.145. The standard InChI is InChI=1S/C22H27N3O4S/c1-14-20(30-13-24-14)16-6-4-15(5-7-16)10-23-21(27)19-9-18(26)11-25(19)22(28)17-3-2-8-29-12-17/h4-7,13,17-19,26H,2-3,8-12H2,1H3,(H,23,27)/t17-,18+,19-/m0/s1. The van der Waals surface area contributed by atoms with E-state index in [0.29, 0.717) is 19.8 Å². The van der Waals surface area contributed by atoms with Crippen LogP contribution in [-0.4, -0.2) is 58.7 Å². The van der Waals surface area contributed by atoms with Crippen molar-refractivity contribution in [1.82, 2.24) is 15.2 Å². The highest BCUT2D eigenvalue weighted by Gasteiger charge is 2.41. The van der Waals surface area contributed by atoms with Gasteiger partial charge < -0.3 is 20.1 Å². The lowest BCUT2D eigenvalue weighted by Crippen LogP contribution is -2.48. The van der Waals surface area contributed by atoms with E-state index in [2.05, 4.69) is 10.3 Å². The molecular weight excluding hydrogens is 402 g/mol. The number of rotatable bonds is 5. The minimum absolute atomic E-state index is 0.0873. The van der Waals surface area contributed by atoms with Crippen molar-refractivity contribution in [2.45, 2.75) is 44.9 Å². The molecule has 0 radical (unpaired) electrons. The van der Waals surface area contributed by atoms with Crippen LogP contribution in [0.15, 0.2) is 29.8 Å². The highest BCUT2D eigenvalue weighted by atomic mass is 32.1. The van der Waals surface area contributed by atoms with E-state index in [0.717, 1.165) is 34.5 Å². The second-order valence-corrected chi connectivity index (χ2v) is 8.85. The van der Waals surface area contributed by atoms with E-state index in [1.54, 1.807) is 11.3 Å². The lowest BCUT2D eigenvalue weighted by Gasteiger charge is -2.29. The average molecular weight is 430 g/mol. The monoisotopic (exact) mass is 429 g/mol. The quantitative estimate of drug-likeness (QED) is 0.760. The Hall–Kier alpha value is -2.29. The first kappa shape index (κ1) is 21.0. The van der Waals surface area contributed by atoms with Gasteiger partial charge in [-0.15, -0.1) is 11.3 Å². The van der Waals surface area contributed by atoms with Crippen molar-refractivity contribution in [2.75, 3.05) is 19.8 Å². The van der Waals surface area contributed by atoms with Gasteiger partial charge >= 0.3 is 0 Å². The van der Waals surface area contributed by atoms with Crippen molar-refractivity contribution in [3.05, 3.63) is 41.0 Å². The Kier molecular flexibility index (Phi) is 6.46. The molecule has 2 aromatic rings. The molecule has 0 bridgehead atoms. The van der Waals surface area contributed by atoms with Crippen LogP contribution in [0.2, 0.25) is 0 Å². The number of hydrogen-bond acceptors (Lipinski definition) is 6. The molecule has 0 unspecified atom stereocenters. The Bertz CT molecular complexity index is 892. The van der Waals surface area contributed by atoms with Crippen molar-refractivity contribution < 1.29 is 19.4 Å². The van der Waals surface area contributed by atoms with Crippen LogP contribution in [0.1, 0.15) is 30.5 Å². The Morgan fingerprint density at radius 1 is 1.33 bits per heavy atom. The van der Waals surface area contributed by atoms with Crippen molar-refractivity contribution in [2.24, 2.45) is 5.92 Å². The first-order chi connectivity index (χ1) is 14.5. The molecule has 2 aliphatic rings. The average Bonchev–Trinajstić information content (AvgIpc) is 3.38. The molecule has 2 amide bonds. The summed E-state index contributed by atoms with van der Waals surface area (Å²) in [7, 11) is 0. The van der Waals surface area contributed by atoms with Gasteiger partial charge in [0.1, 0.15) is 6.04 Å². The summed E-state index contributed by atoms with van der Waals surface area (Å²) >= 11 is 1.61. The number of benzene rings is 1. The van der Waals surface area contributed by atoms with Crippen LogP contribution in [0, 0.1) is 12.8 Å². The zero-order valence-electron chi connectivity index (χ0n) is 17.0. The highest BCUT2D eigenvalue weighted by molar-refractivity contribution is 7.13. The van der Waals surface area contributed by atoms with Gasteiger partial charge in [0.15, 0.2) is 0 Å². The van der Waals surface area contributed by atoms with E-state index in [4.69, 9.17) is 4.74 Å². The normalized spacial score (nSPS) is 24.1. The van der Waals surface area contributed by atoms with E-state index in [1.807, 2.05) is 36.7 Å². The number of likely N-dealkylation sites (tertiary alicyclic amines) is 1. The molecule has 30 heavy (non-hydrogen) atoms. The summed E-state index contributed by atoms with van der Waals surface area (Å²) in [6, 6.07) is 7.40. The molecule has 1 aromatic heterocycles. The van der Waals surface area contributed by atoms with Crippen molar-refractivity contribution in [3.8, 4) is 10.4 Å². The Morgan fingerprint density at radius 3 is 2.80 bits per heavy atom. The van der Waals surface area contributed by atoms with Crippen LogP contribution in [0.4, 0.5) is 0 Å². The maximum Gasteiger partial charge on any atom is 0.243 e. The van der Waals surface area contributed by atoms with E-state index in [1.165, 1.54) is 4.90 Å². The molecule has 2 aliphatic heterocycles. The van der Waals surface area contributed by atoms with Crippen LogP contribution in [0.5, 0.6) is 0 Å². The number of nitrogens with one attached hydrogen (secondary N) is 1. The van der Waals surface area contributed by atoms with E-state index in [9.17, 15) is 14.7 Å². The second-order valence-electron chi connectivity index (χ2n) is 7.99. The zero-order valence-corrected chi connectivity index (χ0v) is 17.9. The topological polar surface area (TPSA) is 91.8 Å². The molecule has 160 valence electrons. The number of thiazole rings is 1. The molecule has 2 fully saturated rings. The van der Waals surface area contributed by atoms with Gasteiger partial charge in [0, 0.05) is 26.1 Å². The van der Waals surface area contributed by atoms with Gasteiger partial charge in [-0.2, -0.15) is 0 Å². The molecule has 3 atom stereocenters. The van der Waals surface area contributed by atoms with Gasteiger partial charge in [-0.3, -0.25) is 9.59 Å². The molecule has 7 nitrogen and oxygen atoms in total. The minimum Gasteiger partial charge on any atom is -0.391 e. The number of carbonyl (C=O) groups excluding carboxylic acids is 2. The molecule has 0 saturated carbocycles. The summed E-state index contributed by atoms with van der Waals surface area (Å²) < 4.78 is 5.42. The number of aliphatic hydroxyl groups excluding tert-OH is 1. The number of aryl methyl sites for hydroxylation is 1. The van der Waals surface area contributed by atoms with E-state index in [-0.39, 0.29) is 30.7 Å². The lowest BCUT2D eigenvalue weighted by atomic mass is 10.00. The summed E-state index contributed by atoms with van der Waals surface area (Å²) in [4.78, 5) is 32.6. The third-order valence-electron chi connectivity index (χ3n) is 5.80.